The number of nitrogens with zero attached hydrogens (tertiary/aromatic N) is 2. The Morgan fingerprint density at radius 2 is 1.70 bits per heavy atom. The highest BCUT2D eigenvalue weighted by molar-refractivity contribution is 7.71. The monoisotopic (exact) mass is 301 g/mol. The van der Waals surface area contributed by atoms with E-state index < -0.39 is 0 Å². The fourth-order valence-corrected chi connectivity index (χ4v) is 2.39. The van der Waals surface area contributed by atoms with E-state index in [1.165, 1.54) is 5.56 Å². The lowest BCUT2D eigenvalue weighted by Gasteiger charge is -2.07. The molecule has 0 radical (unpaired) electrons. The summed E-state index contributed by atoms with van der Waals surface area (Å²) in [5.74, 6) is 0.789. The molecule has 0 spiro atoms. The van der Waals surface area contributed by atoms with Crippen LogP contribution in [0.1, 0.15) is 5.56 Å². The van der Waals surface area contributed by atoms with Crippen LogP contribution in [0.25, 0.3) is 17.1 Å². The number of rotatable bonds is 2. The summed E-state index contributed by atoms with van der Waals surface area (Å²) in [4.78, 5) is 0. The van der Waals surface area contributed by atoms with Gasteiger partial charge >= 0.3 is 0 Å². The second kappa shape index (κ2) is 5.23. The van der Waals surface area contributed by atoms with E-state index in [9.17, 15) is 0 Å². The molecule has 20 heavy (non-hydrogen) atoms. The Morgan fingerprint density at radius 3 is 2.35 bits per heavy atom. The van der Waals surface area contributed by atoms with E-state index in [0.717, 1.165) is 17.1 Å². The van der Waals surface area contributed by atoms with Gasteiger partial charge in [-0.05, 0) is 43.4 Å². The van der Waals surface area contributed by atoms with Crippen molar-refractivity contribution < 1.29 is 0 Å². The van der Waals surface area contributed by atoms with Gasteiger partial charge in [-0.25, -0.2) is 0 Å². The molecule has 2 aromatic carbocycles. The number of hydrogen-bond acceptors (Lipinski definition) is 2. The van der Waals surface area contributed by atoms with Gasteiger partial charge in [0.05, 0.1) is 5.69 Å². The summed E-state index contributed by atoms with van der Waals surface area (Å²) < 4.78 is 2.46. The first-order chi connectivity index (χ1) is 9.65. The van der Waals surface area contributed by atoms with Crippen LogP contribution in [0, 0.1) is 11.7 Å². The van der Waals surface area contributed by atoms with Crippen molar-refractivity contribution >= 4 is 23.8 Å². The number of aromatic nitrogens is 3. The third kappa shape index (κ3) is 2.40. The maximum atomic E-state index is 5.93. The van der Waals surface area contributed by atoms with Gasteiger partial charge in [-0.15, -0.1) is 0 Å². The minimum Gasteiger partial charge on any atom is -0.268 e. The first-order valence-electron chi connectivity index (χ1n) is 6.15. The quantitative estimate of drug-likeness (QED) is 0.704. The SMILES string of the molecule is Cc1ccc(-c2n[nH]c(=S)n2-c2ccc(Cl)cc2)cc1. The van der Waals surface area contributed by atoms with E-state index in [1.54, 1.807) is 0 Å². The largest absolute Gasteiger partial charge is 0.268 e. The van der Waals surface area contributed by atoms with E-state index in [0.29, 0.717) is 9.79 Å². The normalized spacial score (nSPS) is 10.7. The Morgan fingerprint density at radius 1 is 1.05 bits per heavy atom. The Hall–Kier alpha value is -1.91. The van der Waals surface area contributed by atoms with Crippen LogP contribution in [-0.4, -0.2) is 14.8 Å². The van der Waals surface area contributed by atoms with Gasteiger partial charge in [0.25, 0.3) is 0 Å². The van der Waals surface area contributed by atoms with Crippen molar-refractivity contribution in [1.29, 1.82) is 0 Å². The third-order valence-electron chi connectivity index (χ3n) is 3.07. The molecule has 1 heterocycles. The molecule has 1 N–H and O–H groups in total. The molecule has 1 aromatic heterocycles. The highest BCUT2D eigenvalue weighted by Gasteiger charge is 2.10. The molecule has 0 unspecified atom stereocenters. The van der Waals surface area contributed by atoms with Crippen LogP contribution >= 0.6 is 23.8 Å². The van der Waals surface area contributed by atoms with Crippen LogP contribution in [0.5, 0.6) is 0 Å². The summed E-state index contributed by atoms with van der Waals surface area (Å²) in [5.41, 5.74) is 3.16. The van der Waals surface area contributed by atoms with Crippen LogP contribution in [0.3, 0.4) is 0 Å². The summed E-state index contributed by atoms with van der Waals surface area (Å²) in [6.45, 7) is 2.06. The van der Waals surface area contributed by atoms with Crippen molar-refractivity contribution in [3.8, 4) is 17.1 Å². The zero-order chi connectivity index (χ0) is 14.1. The summed E-state index contributed by atoms with van der Waals surface area (Å²) in [6, 6.07) is 15.7. The van der Waals surface area contributed by atoms with Gasteiger partial charge in [-0.2, -0.15) is 5.10 Å². The number of aryl methyl sites for hydroxylation is 1. The smallest absolute Gasteiger partial charge is 0.200 e. The lowest BCUT2D eigenvalue weighted by molar-refractivity contribution is 1.04. The van der Waals surface area contributed by atoms with E-state index >= 15 is 0 Å². The van der Waals surface area contributed by atoms with Crippen LogP contribution in [0.4, 0.5) is 0 Å². The molecule has 0 fully saturated rings. The standard InChI is InChI=1S/C15H12ClN3S/c1-10-2-4-11(5-3-10)14-17-18-15(20)19(14)13-8-6-12(16)7-9-13/h2-9H,1H3,(H,18,20). The predicted molar refractivity (Wildman–Crippen MR) is 83.9 cm³/mol. The number of halogens is 1. The molecule has 5 heteroatoms. The van der Waals surface area contributed by atoms with E-state index in [2.05, 4.69) is 29.3 Å². The van der Waals surface area contributed by atoms with Crippen molar-refractivity contribution in [3.05, 3.63) is 63.9 Å². The summed E-state index contributed by atoms with van der Waals surface area (Å²) in [6.07, 6.45) is 0. The number of hydrogen-bond donors (Lipinski definition) is 1. The van der Waals surface area contributed by atoms with Crippen molar-refractivity contribution in [2.24, 2.45) is 0 Å². The number of nitrogens with one attached hydrogen (secondary N) is 1. The first kappa shape index (κ1) is 13.1. The molecule has 0 amide bonds. The predicted octanol–water partition coefficient (Wildman–Crippen LogP) is 4.56. The van der Waals surface area contributed by atoms with Crippen molar-refractivity contribution in [3.63, 3.8) is 0 Å². The Balaban J connectivity index is 2.17. The van der Waals surface area contributed by atoms with Crippen molar-refractivity contribution in [1.82, 2.24) is 14.8 Å². The van der Waals surface area contributed by atoms with Crippen LogP contribution in [0.2, 0.25) is 5.02 Å². The molecular weight excluding hydrogens is 290 g/mol. The average Bonchev–Trinajstić information content (AvgIpc) is 2.83. The molecule has 0 saturated carbocycles. The minimum absolute atomic E-state index is 0.558. The van der Waals surface area contributed by atoms with E-state index in [1.807, 2.05) is 41.0 Å². The molecule has 100 valence electrons. The second-order valence-corrected chi connectivity index (χ2v) is 5.35. The zero-order valence-electron chi connectivity index (χ0n) is 10.8. The summed E-state index contributed by atoms with van der Waals surface area (Å²) >= 11 is 11.3. The topological polar surface area (TPSA) is 33.6 Å². The Kier molecular flexibility index (Phi) is 3.42. The molecule has 3 nitrogen and oxygen atoms in total. The molecule has 0 aliphatic heterocycles. The minimum atomic E-state index is 0.558. The maximum absolute atomic E-state index is 5.93. The fourth-order valence-electron chi connectivity index (χ4n) is 2.02. The molecule has 0 aliphatic rings. The molecule has 0 bridgehead atoms. The van der Waals surface area contributed by atoms with Crippen molar-refractivity contribution in [2.75, 3.05) is 0 Å². The average molecular weight is 302 g/mol. The molecule has 3 rings (SSSR count). The molecule has 3 aromatic rings. The number of benzene rings is 2. The van der Waals surface area contributed by atoms with Gasteiger partial charge in [-0.3, -0.25) is 9.67 Å². The highest BCUT2D eigenvalue weighted by atomic mass is 35.5. The van der Waals surface area contributed by atoms with Gasteiger partial charge in [-0.1, -0.05) is 41.4 Å². The van der Waals surface area contributed by atoms with E-state index in [-0.39, 0.29) is 0 Å². The van der Waals surface area contributed by atoms with Gasteiger partial charge in [0.15, 0.2) is 10.6 Å². The van der Waals surface area contributed by atoms with Gasteiger partial charge < -0.3 is 0 Å². The van der Waals surface area contributed by atoms with Crippen LogP contribution in [0.15, 0.2) is 48.5 Å². The van der Waals surface area contributed by atoms with Gasteiger partial charge in [0.1, 0.15) is 0 Å². The first-order valence-corrected chi connectivity index (χ1v) is 6.94. The van der Waals surface area contributed by atoms with Crippen LogP contribution < -0.4 is 0 Å². The van der Waals surface area contributed by atoms with Crippen LogP contribution in [-0.2, 0) is 0 Å². The lowest BCUT2D eigenvalue weighted by Crippen LogP contribution is -1.97. The van der Waals surface area contributed by atoms with Crippen molar-refractivity contribution in [2.45, 2.75) is 6.92 Å². The molecule has 0 aliphatic carbocycles. The molecule has 0 atom stereocenters. The summed E-state index contributed by atoms with van der Waals surface area (Å²) in [5, 5.41) is 7.87. The van der Waals surface area contributed by atoms with Gasteiger partial charge in [0, 0.05) is 10.6 Å². The highest BCUT2D eigenvalue weighted by Crippen LogP contribution is 2.22. The van der Waals surface area contributed by atoms with Gasteiger partial charge in [0.2, 0.25) is 0 Å². The second-order valence-electron chi connectivity index (χ2n) is 4.53. The fraction of sp³-hybridized carbons (Fsp3) is 0.0667. The number of aromatic amines is 1. The zero-order valence-corrected chi connectivity index (χ0v) is 12.4. The summed E-state index contributed by atoms with van der Waals surface area (Å²) in [7, 11) is 0. The number of H-pyrrole nitrogens is 1. The lowest BCUT2D eigenvalue weighted by atomic mass is 10.1. The maximum Gasteiger partial charge on any atom is 0.200 e. The van der Waals surface area contributed by atoms with E-state index in [4.69, 9.17) is 23.8 Å². The molecular formula is C15H12ClN3S. The Bertz CT molecular complexity index is 785. The molecule has 0 saturated heterocycles. The third-order valence-corrected chi connectivity index (χ3v) is 3.59. The Labute approximate surface area is 126 Å².